The summed E-state index contributed by atoms with van der Waals surface area (Å²) in [6.07, 6.45) is 6.64. The van der Waals surface area contributed by atoms with E-state index in [4.69, 9.17) is 5.73 Å². The van der Waals surface area contributed by atoms with Crippen LogP contribution in [0.1, 0.15) is 66.2 Å². The summed E-state index contributed by atoms with van der Waals surface area (Å²) in [5, 5.41) is 3.34. The maximum atomic E-state index is 12.7. The van der Waals surface area contributed by atoms with Crippen molar-refractivity contribution in [2.24, 2.45) is 23.0 Å². The first kappa shape index (κ1) is 14.8. The van der Waals surface area contributed by atoms with E-state index < -0.39 is 0 Å². The largest absolute Gasteiger partial charge is 0.351 e. The summed E-state index contributed by atoms with van der Waals surface area (Å²) in [6.45, 7) is 8.81. The molecule has 3 unspecified atom stereocenters. The minimum Gasteiger partial charge on any atom is -0.351 e. The van der Waals surface area contributed by atoms with Gasteiger partial charge in [0.2, 0.25) is 5.91 Å². The Morgan fingerprint density at radius 1 is 1.16 bits per heavy atom. The molecule has 0 spiro atoms. The summed E-state index contributed by atoms with van der Waals surface area (Å²) in [5.41, 5.74) is 6.21. The van der Waals surface area contributed by atoms with E-state index in [1.54, 1.807) is 0 Å². The molecule has 0 heterocycles. The molecule has 3 atom stereocenters. The maximum Gasteiger partial charge on any atom is 0.224 e. The van der Waals surface area contributed by atoms with Crippen molar-refractivity contribution >= 4 is 5.91 Å². The fourth-order valence-corrected chi connectivity index (χ4v) is 3.98. The van der Waals surface area contributed by atoms with Crippen molar-refractivity contribution in [1.29, 1.82) is 0 Å². The van der Waals surface area contributed by atoms with E-state index in [2.05, 4.69) is 33.0 Å². The first-order valence-electron chi connectivity index (χ1n) is 7.84. The van der Waals surface area contributed by atoms with Gasteiger partial charge in [-0.15, -0.1) is 0 Å². The Bertz CT molecular complexity index is 345. The topological polar surface area (TPSA) is 55.1 Å². The summed E-state index contributed by atoms with van der Waals surface area (Å²) in [7, 11) is 0. The molecule has 3 N–H and O–H groups in total. The van der Waals surface area contributed by atoms with Gasteiger partial charge in [0.15, 0.2) is 0 Å². The first-order valence-corrected chi connectivity index (χ1v) is 7.84. The second-order valence-electron chi connectivity index (χ2n) is 7.66. The van der Waals surface area contributed by atoms with Crippen LogP contribution < -0.4 is 11.1 Å². The summed E-state index contributed by atoms with van der Waals surface area (Å²) in [6, 6.07) is 0.237. The molecule has 2 saturated carbocycles. The fraction of sp³-hybridized carbons (Fsp3) is 0.938. The highest BCUT2D eigenvalue weighted by Crippen LogP contribution is 2.45. The average molecular weight is 266 g/mol. The third kappa shape index (κ3) is 2.81. The monoisotopic (exact) mass is 266 g/mol. The Hall–Kier alpha value is -0.570. The Morgan fingerprint density at radius 2 is 1.74 bits per heavy atom. The average Bonchev–Trinajstić information content (AvgIpc) is 2.72. The molecule has 0 saturated heterocycles. The van der Waals surface area contributed by atoms with Crippen molar-refractivity contribution in [3.8, 4) is 0 Å². The molecule has 2 rings (SSSR count). The molecular formula is C16H30N2O. The zero-order chi connectivity index (χ0) is 14.3. The van der Waals surface area contributed by atoms with Crippen LogP contribution in [0, 0.1) is 17.3 Å². The summed E-state index contributed by atoms with van der Waals surface area (Å²) in [5.74, 6) is 0.765. The Kier molecular flexibility index (Phi) is 3.97. The van der Waals surface area contributed by atoms with E-state index in [0.29, 0.717) is 5.92 Å². The SMILES string of the molecule is CC1C(N)CCC(C(=O)NC2(C)CCCC2)C1(C)C. The van der Waals surface area contributed by atoms with E-state index in [0.717, 1.165) is 25.7 Å². The van der Waals surface area contributed by atoms with Gasteiger partial charge in [-0.2, -0.15) is 0 Å². The molecule has 0 aromatic carbocycles. The highest BCUT2D eigenvalue weighted by atomic mass is 16.2. The third-order valence-electron chi connectivity index (χ3n) is 5.95. The minimum atomic E-state index is -0.00326. The molecule has 1 amide bonds. The quantitative estimate of drug-likeness (QED) is 0.807. The van der Waals surface area contributed by atoms with E-state index in [1.807, 2.05) is 0 Å². The maximum absolute atomic E-state index is 12.7. The van der Waals surface area contributed by atoms with Crippen LogP contribution in [0.4, 0.5) is 0 Å². The van der Waals surface area contributed by atoms with Gasteiger partial charge >= 0.3 is 0 Å². The lowest BCUT2D eigenvalue weighted by Crippen LogP contribution is -2.55. The molecule has 0 bridgehead atoms. The lowest BCUT2D eigenvalue weighted by Gasteiger charge is -2.46. The molecule has 110 valence electrons. The predicted octanol–water partition coefficient (Wildman–Crippen LogP) is 2.83. The second kappa shape index (κ2) is 5.08. The van der Waals surface area contributed by atoms with Crippen molar-refractivity contribution in [2.75, 3.05) is 0 Å². The summed E-state index contributed by atoms with van der Waals surface area (Å²) >= 11 is 0. The third-order valence-corrected chi connectivity index (χ3v) is 5.95. The highest BCUT2D eigenvalue weighted by molar-refractivity contribution is 5.80. The van der Waals surface area contributed by atoms with Crippen LogP contribution in [0.25, 0.3) is 0 Å². The Balaban J connectivity index is 2.06. The van der Waals surface area contributed by atoms with Gasteiger partial charge in [0.05, 0.1) is 0 Å². The lowest BCUT2D eigenvalue weighted by molar-refractivity contribution is -0.134. The van der Waals surface area contributed by atoms with Gasteiger partial charge in [-0.1, -0.05) is 33.6 Å². The number of nitrogens with one attached hydrogen (secondary N) is 1. The van der Waals surface area contributed by atoms with E-state index >= 15 is 0 Å². The number of hydrogen-bond acceptors (Lipinski definition) is 2. The number of carbonyl (C=O) groups is 1. The number of nitrogens with two attached hydrogens (primary N) is 1. The molecule has 3 nitrogen and oxygen atoms in total. The number of rotatable bonds is 2. The summed E-state index contributed by atoms with van der Waals surface area (Å²) < 4.78 is 0. The van der Waals surface area contributed by atoms with Crippen molar-refractivity contribution in [2.45, 2.75) is 77.8 Å². The van der Waals surface area contributed by atoms with Crippen molar-refractivity contribution in [3.05, 3.63) is 0 Å². The number of amides is 1. The first-order chi connectivity index (χ1) is 8.76. The van der Waals surface area contributed by atoms with Gasteiger partial charge in [0.1, 0.15) is 0 Å². The van der Waals surface area contributed by atoms with Crippen molar-refractivity contribution in [3.63, 3.8) is 0 Å². The predicted molar refractivity (Wildman–Crippen MR) is 78.7 cm³/mol. The second-order valence-corrected chi connectivity index (χ2v) is 7.66. The number of hydrogen-bond donors (Lipinski definition) is 2. The van der Waals surface area contributed by atoms with Crippen LogP contribution in [0.2, 0.25) is 0 Å². The van der Waals surface area contributed by atoms with Gasteiger partial charge in [0, 0.05) is 17.5 Å². The normalized spacial score (nSPS) is 37.0. The summed E-state index contributed by atoms with van der Waals surface area (Å²) in [4.78, 5) is 12.7. The van der Waals surface area contributed by atoms with Crippen LogP contribution in [-0.4, -0.2) is 17.5 Å². The van der Waals surface area contributed by atoms with Crippen LogP contribution in [-0.2, 0) is 4.79 Å². The van der Waals surface area contributed by atoms with Gasteiger partial charge in [0.25, 0.3) is 0 Å². The molecule has 0 aliphatic heterocycles. The van der Waals surface area contributed by atoms with E-state index in [-0.39, 0.29) is 28.8 Å². The fourth-order valence-electron chi connectivity index (χ4n) is 3.98. The molecule has 0 aromatic heterocycles. The highest BCUT2D eigenvalue weighted by Gasteiger charge is 2.46. The van der Waals surface area contributed by atoms with Crippen molar-refractivity contribution < 1.29 is 4.79 Å². The molecule has 19 heavy (non-hydrogen) atoms. The minimum absolute atomic E-state index is 0.00326. The van der Waals surface area contributed by atoms with E-state index in [9.17, 15) is 4.79 Å². The lowest BCUT2D eigenvalue weighted by atomic mass is 9.61. The zero-order valence-corrected chi connectivity index (χ0v) is 13.0. The van der Waals surface area contributed by atoms with Crippen molar-refractivity contribution in [1.82, 2.24) is 5.32 Å². The van der Waals surface area contributed by atoms with Gasteiger partial charge in [-0.3, -0.25) is 4.79 Å². The Labute approximate surface area is 117 Å². The van der Waals surface area contributed by atoms with Crippen LogP contribution in [0.3, 0.4) is 0 Å². The molecular weight excluding hydrogens is 236 g/mol. The molecule has 0 radical (unpaired) electrons. The van der Waals surface area contributed by atoms with Crippen LogP contribution in [0.5, 0.6) is 0 Å². The Morgan fingerprint density at radius 3 is 2.32 bits per heavy atom. The molecule has 0 aromatic rings. The zero-order valence-electron chi connectivity index (χ0n) is 13.0. The number of carbonyl (C=O) groups excluding carboxylic acids is 1. The van der Waals surface area contributed by atoms with Gasteiger partial charge in [-0.05, 0) is 43.9 Å². The van der Waals surface area contributed by atoms with Gasteiger partial charge < -0.3 is 11.1 Å². The standard InChI is InChI=1S/C16H30N2O/c1-11-13(17)8-7-12(15(11,2)3)14(19)18-16(4)9-5-6-10-16/h11-13H,5-10,17H2,1-4H3,(H,18,19). The van der Waals surface area contributed by atoms with Crippen LogP contribution in [0.15, 0.2) is 0 Å². The van der Waals surface area contributed by atoms with Gasteiger partial charge in [-0.25, -0.2) is 0 Å². The van der Waals surface area contributed by atoms with E-state index in [1.165, 1.54) is 12.8 Å². The van der Waals surface area contributed by atoms with Crippen LogP contribution >= 0.6 is 0 Å². The smallest absolute Gasteiger partial charge is 0.224 e. The molecule has 2 fully saturated rings. The molecule has 3 heteroatoms. The molecule has 2 aliphatic carbocycles. The molecule has 2 aliphatic rings.